The minimum absolute atomic E-state index is 0.272. The lowest BCUT2D eigenvalue weighted by Gasteiger charge is -2.18. The largest absolute Gasteiger partial charge is 0.352 e. The van der Waals surface area contributed by atoms with Crippen LogP contribution >= 0.6 is 0 Å². The molecular formula is C42H58N10O6. The number of hydrogen-bond acceptors (Lipinski definition) is 10. The number of carbonyl (C=O) groups is 5. The molecule has 0 radical (unpaired) electrons. The van der Waals surface area contributed by atoms with E-state index in [4.69, 9.17) is 0 Å². The van der Waals surface area contributed by atoms with E-state index in [0.717, 1.165) is 57.7 Å². The lowest BCUT2D eigenvalue weighted by Crippen LogP contribution is -2.31. The third kappa shape index (κ3) is 14.8. The van der Waals surface area contributed by atoms with Crippen molar-refractivity contribution in [3.05, 3.63) is 93.4 Å². The maximum atomic E-state index is 13.0. The van der Waals surface area contributed by atoms with Gasteiger partial charge >= 0.3 is 5.69 Å². The third-order valence-electron chi connectivity index (χ3n) is 9.34. The molecule has 6 N–H and O–H groups in total. The normalized spacial score (nSPS) is 11.6. The molecule has 1 unspecified atom stereocenters. The molecule has 4 amide bonds. The van der Waals surface area contributed by atoms with E-state index in [0.29, 0.717) is 52.2 Å². The molecule has 0 spiro atoms. The molecule has 0 aliphatic heterocycles. The van der Waals surface area contributed by atoms with Crippen molar-refractivity contribution in [2.75, 3.05) is 70.0 Å². The van der Waals surface area contributed by atoms with Crippen LogP contribution in [0.2, 0.25) is 0 Å². The monoisotopic (exact) mass is 798 g/mol. The van der Waals surface area contributed by atoms with Crippen LogP contribution in [0.15, 0.2) is 75.7 Å². The van der Waals surface area contributed by atoms with Crippen molar-refractivity contribution in [3.63, 3.8) is 0 Å². The maximum Gasteiger partial charge on any atom is 0.323 e. The zero-order chi connectivity index (χ0) is 42.6. The number of imidazole rings is 1. The second-order valence-electron chi connectivity index (χ2n) is 13.5. The molecule has 16 nitrogen and oxygen atoms in total. The van der Waals surface area contributed by atoms with Gasteiger partial charge in [0.1, 0.15) is 0 Å². The average molecular weight is 799 g/mol. The van der Waals surface area contributed by atoms with Gasteiger partial charge in [-0.05, 0) is 114 Å². The van der Waals surface area contributed by atoms with Crippen LogP contribution in [0.3, 0.4) is 0 Å². The minimum Gasteiger partial charge on any atom is -0.352 e. The van der Waals surface area contributed by atoms with Crippen molar-refractivity contribution in [1.82, 2.24) is 30.4 Å². The topological polar surface area (TPSA) is 213 Å². The number of azo groups is 1. The van der Waals surface area contributed by atoms with E-state index in [2.05, 4.69) is 79.0 Å². The molecule has 4 aromatic rings. The lowest BCUT2D eigenvalue weighted by molar-refractivity contribution is -0.126. The fraction of sp³-hybridized carbons (Fsp3) is 0.429. The van der Waals surface area contributed by atoms with E-state index in [9.17, 15) is 28.8 Å². The molecular weight excluding hydrogens is 741 g/mol. The van der Waals surface area contributed by atoms with Crippen LogP contribution in [-0.4, -0.2) is 115 Å². The second-order valence-corrected chi connectivity index (χ2v) is 13.5. The maximum absolute atomic E-state index is 13.0. The Morgan fingerprint density at radius 1 is 0.655 bits per heavy atom. The fourth-order valence-corrected chi connectivity index (χ4v) is 5.92. The Morgan fingerprint density at radius 3 is 1.69 bits per heavy atom. The molecule has 1 aromatic heterocycles. The first kappa shape index (κ1) is 46.4. The first-order valence-electron chi connectivity index (χ1n) is 19.7. The smallest absolute Gasteiger partial charge is 0.323 e. The summed E-state index contributed by atoms with van der Waals surface area (Å²) in [6.45, 7) is 18.5. The number of aryl methyl sites for hydroxylation is 1. The molecule has 0 aliphatic carbocycles. The number of benzene rings is 3. The highest BCUT2D eigenvalue weighted by atomic mass is 16.2. The van der Waals surface area contributed by atoms with E-state index in [1.807, 2.05) is 19.1 Å². The Balaban J connectivity index is 0.000000375. The highest BCUT2D eigenvalue weighted by Crippen LogP contribution is 2.18. The van der Waals surface area contributed by atoms with E-state index in [1.165, 1.54) is 14.0 Å². The summed E-state index contributed by atoms with van der Waals surface area (Å²) >= 11 is 0. The number of ketones is 1. The highest BCUT2D eigenvalue weighted by Gasteiger charge is 2.23. The number of nitrogens with zero attached hydrogens (tertiary/aromatic N) is 4. The number of aromatic amines is 2. The Morgan fingerprint density at radius 2 is 1.19 bits per heavy atom. The summed E-state index contributed by atoms with van der Waals surface area (Å²) in [7, 11) is 1.39. The van der Waals surface area contributed by atoms with Crippen LogP contribution < -0.4 is 27.0 Å². The Bertz CT molecular complexity index is 2020. The molecule has 0 saturated carbocycles. The van der Waals surface area contributed by atoms with E-state index in [1.54, 1.807) is 48.5 Å². The first-order chi connectivity index (χ1) is 27.8. The molecule has 1 atom stereocenters. The van der Waals surface area contributed by atoms with Gasteiger partial charge in [0.25, 0.3) is 23.6 Å². The summed E-state index contributed by atoms with van der Waals surface area (Å²) in [5, 5.41) is 18.4. The van der Waals surface area contributed by atoms with Crippen molar-refractivity contribution < 1.29 is 24.0 Å². The van der Waals surface area contributed by atoms with Crippen molar-refractivity contribution in [2.24, 2.45) is 10.2 Å². The summed E-state index contributed by atoms with van der Waals surface area (Å²) < 4.78 is 0. The number of carbonyl (C=O) groups excluding carboxylic acids is 5. The number of anilines is 2. The predicted molar refractivity (Wildman–Crippen MR) is 228 cm³/mol. The number of aromatic nitrogens is 2. The average Bonchev–Trinajstić information content (AvgIpc) is 3.59. The molecule has 0 bridgehead atoms. The Hall–Kier alpha value is -6.00. The fourth-order valence-electron chi connectivity index (χ4n) is 5.92. The van der Waals surface area contributed by atoms with Crippen LogP contribution in [0.25, 0.3) is 11.0 Å². The van der Waals surface area contributed by atoms with Gasteiger partial charge in [0.05, 0.1) is 11.0 Å². The van der Waals surface area contributed by atoms with Gasteiger partial charge in [-0.1, -0.05) is 45.4 Å². The summed E-state index contributed by atoms with van der Waals surface area (Å²) in [6, 6.07) is 15.7. The van der Waals surface area contributed by atoms with Crippen LogP contribution in [0.1, 0.15) is 84.1 Å². The lowest BCUT2D eigenvalue weighted by atomic mass is 10.1. The third-order valence-corrected chi connectivity index (χ3v) is 9.34. The van der Waals surface area contributed by atoms with Gasteiger partial charge in [0.15, 0.2) is 5.78 Å². The molecule has 0 fully saturated rings. The number of nitrogens with one attached hydrogen (secondary N) is 6. The quantitative estimate of drug-likeness (QED) is 0.0406. The zero-order valence-corrected chi connectivity index (χ0v) is 34.7. The first-order valence-corrected chi connectivity index (χ1v) is 19.7. The van der Waals surface area contributed by atoms with Crippen molar-refractivity contribution in [1.29, 1.82) is 0 Å². The molecule has 0 saturated heterocycles. The molecule has 3 aromatic carbocycles. The van der Waals surface area contributed by atoms with Gasteiger partial charge in [-0.15, -0.1) is 0 Å². The van der Waals surface area contributed by atoms with Crippen LogP contribution in [-0.2, 0) is 9.59 Å². The molecule has 58 heavy (non-hydrogen) atoms. The van der Waals surface area contributed by atoms with Gasteiger partial charge in [-0.3, -0.25) is 24.0 Å². The number of amides is 4. The number of fused-ring (bicyclic) bond motifs is 1. The summed E-state index contributed by atoms with van der Waals surface area (Å²) in [5.41, 5.74) is 3.95. The predicted octanol–water partition coefficient (Wildman–Crippen LogP) is 5.01. The Labute approximate surface area is 339 Å². The standard InChI is InChI=1S/C30H45N5O3.C12H13N5O3/c1-6-34(7-2)18-10-16-31-28(36)25-20-26(29(37)32-17-11-19-35(8-3)9-4)22-27(21-25)33-30(38)24-14-12-23(5)13-15-24;1-6(18)10(17-13-2)11(19)14-7-3-4-8-9(5-7)16-12(20)15-8/h12-15,20-22H,6-11,16-19H2,1-5H3,(H,31,36)(H,32,37)(H,33,38);3-5,10H,1-2H3,(H,14,19)(H2,15,16,20). The second kappa shape index (κ2) is 23.9. The van der Waals surface area contributed by atoms with E-state index >= 15 is 0 Å². The number of rotatable bonds is 20. The number of H-pyrrole nitrogens is 2. The highest BCUT2D eigenvalue weighted by molar-refractivity contribution is 6.10. The summed E-state index contributed by atoms with van der Waals surface area (Å²) in [5.74, 6) is -1.81. The van der Waals surface area contributed by atoms with Gasteiger partial charge in [-0.2, -0.15) is 10.2 Å². The molecule has 4 rings (SSSR count). The van der Waals surface area contributed by atoms with Gasteiger partial charge < -0.3 is 41.0 Å². The van der Waals surface area contributed by atoms with Crippen molar-refractivity contribution >= 4 is 51.8 Å². The van der Waals surface area contributed by atoms with Crippen LogP contribution in [0.4, 0.5) is 11.4 Å². The molecule has 16 heteroatoms. The number of hydrogen-bond donors (Lipinski definition) is 6. The van der Waals surface area contributed by atoms with E-state index in [-0.39, 0.29) is 23.4 Å². The van der Waals surface area contributed by atoms with Gasteiger partial charge in [0, 0.05) is 48.2 Å². The Kier molecular flexibility index (Phi) is 19.1. The molecule has 312 valence electrons. The summed E-state index contributed by atoms with van der Waals surface area (Å²) in [4.78, 5) is 82.9. The summed E-state index contributed by atoms with van der Waals surface area (Å²) in [6.07, 6.45) is 1.66. The minimum atomic E-state index is -1.17. The van der Waals surface area contributed by atoms with Gasteiger partial charge in [-0.25, -0.2) is 4.79 Å². The van der Waals surface area contributed by atoms with E-state index < -0.39 is 17.7 Å². The van der Waals surface area contributed by atoms with Crippen LogP contribution in [0, 0.1) is 6.92 Å². The van der Waals surface area contributed by atoms with Gasteiger partial charge in [0.2, 0.25) is 6.04 Å². The van der Waals surface area contributed by atoms with Crippen molar-refractivity contribution in [2.45, 2.75) is 60.4 Å². The SMILES string of the molecule is CCN(CC)CCCNC(=O)c1cc(NC(=O)c2ccc(C)cc2)cc(C(=O)NCCCN(CC)CC)c1.CN=NC(C(C)=O)C(=O)Nc1ccc2[nH]c(=O)[nH]c2c1. The number of Topliss-reactive ketones (excluding diaryl/α,β-unsaturated/α-hetero) is 1. The zero-order valence-electron chi connectivity index (χ0n) is 34.7. The molecule has 1 heterocycles. The van der Waals surface area contributed by atoms with Crippen molar-refractivity contribution in [3.8, 4) is 0 Å². The van der Waals surface area contributed by atoms with Crippen LogP contribution in [0.5, 0.6) is 0 Å². The molecule has 0 aliphatic rings.